The van der Waals surface area contributed by atoms with Gasteiger partial charge in [-0.25, -0.2) is 9.97 Å². The molecule has 4 rings (SSSR count). The fourth-order valence-electron chi connectivity index (χ4n) is 3.04. The van der Waals surface area contributed by atoms with Gasteiger partial charge in [0.15, 0.2) is 5.75 Å². The van der Waals surface area contributed by atoms with E-state index < -0.39 is 0 Å². The topological polar surface area (TPSA) is 81.1 Å². The second-order valence-electron chi connectivity index (χ2n) is 6.00. The quantitative estimate of drug-likeness (QED) is 0.703. The first kappa shape index (κ1) is 16.6. The molecular weight excluding hydrogens is 350 g/mol. The lowest BCUT2D eigenvalue weighted by molar-refractivity contribution is 0.0727. The van der Waals surface area contributed by atoms with E-state index in [0.717, 1.165) is 24.2 Å². The molecule has 3 aromatic heterocycles. The van der Waals surface area contributed by atoms with Crippen LogP contribution < -0.4 is 4.74 Å². The lowest BCUT2D eigenvalue weighted by Crippen LogP contribution is -2.31. The molecule has 1 amide bonds. The van der Waals surface area contributed by atoms with Gasteiger partial charge in [0, 0.05) is 18.1 Å². The summed E-state index contributed by atoms with van der Waals surface area (Å²) in [6.45, 7) is 2.56. The van der Waals surface area contributed by atoms with Crippen molar-refractivity contribution >= 4 is 17.2 Å². The first-order valence-corrected chi connectivity index (χ1v) is 9.27. The summed E-state index contributed by atoms with van der Waals surface area (Å²) < 4.78 is 5.83. The van der Waals surface area contributed by atoms with Crippen molar-refractivity contribution in [2.45, 2.75) is 25.8 Å². The third-order valence-corrected chi connectivity index (χ3v) is 4.90. The molecule has 0 saturated carbocycles. The zero-order chi connectivity index (χ0) is 17.9. The maximum atomic E-state index is 12.7. The smallest absolute Gasteiger partial charge is 0.273 e. The highest BCUT2D eigenvalue weighted by molar-refractivity contribution is 7.07. The third-order valence-electron chi connectivity index (χ3n) is 4.31. The van der Waals surface area contributed by atoms with Crippen LogP contribution in [0.3, 0.4) is 0 Å². The third kappa shape index (κ3) is 3.28. The lowest BCUT2D eigenvalue weighted by atomic mass is 10.1. The van der Waals surface area contributed by atoms with E-state index in [0.29, 0.717) is 23.9 Å². The van der Waals surface area contributed by atoms with Crippen LogP contribution in [0.15, 0.2) is 41.6 Å². The van der Waals surface area contributed by atoms with Crippen molar-refractivity contribution in [3.63, 3.8) is 0 Å². The predicted octanol–water partition coefficient (Wildman–Crippen LogP) is 3.41. The molecule has 0 aromatic carbocycles. The molecular formula is C18H17N5O2S. The molecule has 1 aliphatic rings. The SMILES string of the molecule is Cc1ncccc1Oc1cncc(C2CCCN2C(=O)c2cscn2)n1. The first-order chi connectivity index (χ1) is 12.7. The van der Waals surface area contributed by atoms with Gasteiger partial charge in [0.1, 0.15) is 5.69 Å². The number of aromatic nitrogens is 4. The van der Waals surface area contributed by atoms with Crippen LogP contribution in [0, 0.1) is 6.92 Å². The molecule has 1 aliphatic heterocycles. The molecule has 4 heterocycles. The van der Waals surface area contributed by atoms with Crippen LogP contribution in [-0.4, -0.2) is 37.3 Å². The fraction of sp³-hybridized carbons (Fsp3) is 0.278. The van der Waals surface area contributed by atoms with Crippen LogP contribution >= 0.6 is 11.3 Å². The molecule has 1 saturated heterocycles. The Morgan fingerprint density at radius 2 is 2.27 bits per heavy atom. The number of amides is 1. The lowest BCUT2D eigenvalue weighted by Gasteiger charge is -2.23. The summed E-state index contributed by atoms with van der Waals surface area (Å²) >= 11 is 1.42. The van der Waals surface area contributed by atoms with Gasteiger partial charge in [0.2, 0.25) is 5.88 Å². The minimum absolute atomic E-state index is 0.0648. The highest BCUT2D eigenvalue weighted by atomic mass is 32.1. The van der Waals surface area contributed by atoms with Crippen molar-refractivity contribution in [1.29, 1.82) is 0 Å². The standard InChI is InChI=1S/C18H17N5O2S/c1-12-16(5-2-6-20-12)25-17-9-19-8-13(22-17)15-4-3-7-23(15)18(24)14-10-26-11-21-14/h2,5-6,8-11,15H,3-4,7H2,1H3. The highest BCUT2D eigenvalue weighted by Crippen LogP contribution is 2.33. The maximum Gasteiger partial charge on any atom is 0.273 e. The number of ether oxygens (including phenoxy) is 1. The molecule has 0 aliphatic carbocycles. The van der Waals surface area contributed by atoms with Crippen molar-refractivity contribution in [1.82, 2.24) is 24.8 Å². The maximum absolute atomic E-state index is 12.7. The summed E-state index contributed by atoms with van der Waals surface area (Å²) in [5.74, 6) is 0.970. The van der Waals surface area contributed by atoms with E-state index in [1.54, 1.807) is 29.5 Å². The van der Waals surface area contributed by atoms with Crippen molar-refractivity contribution in [3.8, 4) is 11.6 Å². The van der Waals surface area contributed by atoms with Crippen LogP contribution in [0.1, 0.15) is 40.8 Å². The van der Waals surface area contributed by atoms with E-state index in [4.69, 9.17) is 4.74 Å². The van der Waals surface area contributed by atoms with E-state index in [1.807, 2.05) is 24.0 Å². The molecule has 0 N–H and O–H groups in total. The van der Waals surface area contributed by atoms with Crippen LogP contribution in [0.2, 0.25) is 0 Å². The van der Waals surface area contributed by atoms with Gasteiger partial charge >= 0.3 is 0 Å². The number of nitrogens with zero attached hydrogens (tertiary/aromatic N) is 5. The van der Waals surface area contributed by atoms with Gasteiger partial charge in [-0.2, -0.15) is 0 Å². The molecule has 0 bridgehead atoms. The van der Waals surface area contributed by atoms with Crippen molar-refractivity contribution < 1.29 is 9.53 Å². The Balaban J connectivity index is 1.57. The van der Waals surface area contributed by atoms with Gasteiger partial charge in [0.05, 0.1) is 35.3 Å². The largest absolute Gasteiger partial charge is 0.436 e. The number of aryl methyl sites for hydroxylation is 1. The summed E-state index contributed by atoms with van der Waals surface area (Å²) in [5, 5.41) is 1.77. The Kier molecular flexibility index (Phi) is 4.57. The van der Waals surface area contributed by atoms with Crippen LogP contribution in [-0.2, 0) is 0 Å². The van der Waals surface area contributed by atoms with Gasteiger partial charge in [-0.3, -0.25) is 14.8 Å². The average Bonchev–Trinajstić information content (AvgIpc) is 3.35. The van der Waals surface area contributed by atoms with Crippen LogP contribution in [0.25, 0.3) is 0 Å². The number of hydrogen-bond acceptors (Lipinski definition) is 7. The Hall–Kier alpha value is -2.87. The molecule has 0 radical (unpaired) electrons. The Labute approximate surface area is 154 Å². The Bertz CT molecular complexity index is 915. The number of thiazole rings is 1. The van der Waals surface area contributed by atoms with Gasteiger partial charge in [-0.05, 0) is 31.9 Å². The summed E-state index contributed by atoms with van der Waals surface area (Å²) in [7, 11) is 0. The van der Waals surface area contributed by atoms with Crippen molar-refractivity contribution in [2.24, 2.45) is 0 Å². The predicted molar refractivity (Wildman–Crippen MR) is 96.2 cm³/mol. The average molecular weight is 367 g/mol. The zero-order valence-corrected chi connectivity index (χ0v) is 15.0. The number of pyridine rings is 1. The molecule has 1 fully saturated rings. The van der Waals surface area contributed by atoms with E-state index in [-0.39, 0.29) is 11.9 Å². The molecule has 3 aromatic rings. The molecule has 7 nitrogen and oxygen atoms in total. The highest BCUT2D eigenvalue weighted by Gasteiger charge is 2.32. The second-order valence-corrected chi connectivity index (χ2v) is 6.72. The van der Waals surface area contributed by atoms with E-state index >= 15 is 0 Å². The zero-order valence-electron chi connectivity index (χ0n) is 14.2. The number of likely N-dealkylation sites (tertiary alicyclic amines) is 1. The minimum Gasteiger partial charge on any atom is -0.436 e. The first-order valence-electron chi connectivity index (χ1n) is 8.33. The summed E-state index contributed by atoms with van der Waals surface area (Å²) in [4.78, 5) is 31.7. The van der Waals surface area contributed by atoms with E-state index in [2.05, 4.69) is 19.9 Å². The van der Waals surface area contributed by atoms with Gasteiger partial charge in [-0.1, -0.05) is 0 Å². The number of hydrogen-bond donors (Lipinski definition) is 0. The molecule has 0 spiro atoms. The second kappa shape index (κ2) is 7.17. The van der Waals surface area contributed by atoms with Crippen LogP contribution in [0.5, 0.6) is 11.6 Å². The summed E-state index contributed by atoms with van der Waals surface area (Å²) in [6, 6.07) is 3.53. The number of carbonyl (C=O) groups is 1. The normalized spacial score (nSPS) is 16.7. The van der Waals surface area contributed by atoms with Gasteiger partial charge < -0.3 is 9.64 Å². The molecule has 1 atom stereocenters. The molecule has 1 unspecified atom stereocenters. The molecule has 132 valence electrons. The fourth-order valence-corrected chi connectivity index (χ4v) is 3.57. The summed E-state index contributed by atoms with van der Waals surface area (Å²) in [6.07, 6.45) is 6.75. The summed E-state index contributed by atoms with van der Waals surface area (Å²) in [5.41, 5.74) is 3.65. The molecule has 8 heteroatoms. The van der Waals surface area contributed by atoms with Gasteiger partial charge in [0.25, 0.3) is 5.91 Å². The van der Waals surface area contributed by atoms with Crippen molar-refractivity contribution in [3.05, 3.63) is 58.7 Å². The Morgan fingerprint density at radius 1 is 1.35 bits per heavy atom. The minimum atomic E-state index is -0.116. The van der Waals surface area contributed by atoms with Crippen molar-refractivity contribution in [2.75, 3.05) is 6.54 Å². The van der Waals surface area contributed by atoms with E-state index in [9.17, 15) is 4.79 Å². The molecule has 26 heavy (non-hydrogen) atoms. The number of carbonyl (C=O) groups excluding carboxylic acids is 1. The monoisotopic (exact) mass is 367 g/mol. The number of rotatable bonds is 4. The van der Waals surface area contributed by atoms with Gasteiger partial charge in [-0.15, -0.1) is 11.3 Å². The Morgan fingerprint density at radius 3 is 3.08 bits per heavy atom. The van der Waals surface area contributed by atoms with Crippen LogP contribution in [0.4, 0.5) is 0 Å². The van der Waals surface area contributed by atoms with E-state index in [1.165, 1.54) is 11.3 Å².